The molecule has 0 aliphatic carbocycles. The van der Waals surface area contributed by atoms with Gasteiger partial charge in [-0.3, -0.25) is 0 Å². The van der Waals surface area contributed by atoms with E-state index in [1.807, 2.05) is 0 Å². The highest BCUT2D eigenvalue weighted by Crippen LogP contribution is 2.43. The highest BCUT2D eigenvalue weighted by molar-refractivity contribution is 7.88. The summed E-state index contributed by atoms with van der Waals surface area (Å²) in [7, 11) is -3.65. The van der Waals surface area contributed by atoms with Crippen LogP contribution in [0, 0.1) is 0 Å². The van der Waals surface area contributed by atoms with E-state index in [1.54, 1.807) is 0 Å². The molecule has 13 heteroatoms. The number of nitrogen functional groups attached to an aromatic ring is 1. The van der Waals surface area contributed by atoms with Crippen LogP contribution in [0.4, 0.5) is 23.5 Å². The summed E-state index contributed by atoms with van der Waals surface area (Å²) >= 11 is 0. The van der Waals surface area contributed by atoms with Gasteiger partial charge in [-0.25, -0.2) is 27.8 Å². The molecular formula is C14H16F4N6O2S. The van der Waals surface area contributed by atoms with Crippen molar-refractivity contribution in [3.05, 3.63) is 23.8 Å². The van der Waals surface area contributed by atoms with Crippen molar-refractivity contribution in [3.8, 4) is 11.4 Å². The number of aromatic nitrogens is 4. The van der Waals surface area contributed by atoms with Gasteiger partial charge in [0.25, 0.3) is 0 Å². The highest BCUT2D eigenvalue weighted by atomic mass is 32.2. The molecule has 1 saturated heterocycles. The number of nitrogens with two attached hydrogens (primary N) is 1. The number of aromatic amines is 1. The molecule has 3 heterocycles. The van der Waals surface area contributed by atoms with Gasteiger partial charge in [-0.1, -0.05) is 0 Å². The van der Waals surface area contributed by atoms with Gasteiger partial charge in [0.15, 0.2) is 0 Å². The predicted octanol–water partition coefficient (Wildman–Crippen LogP) is 1.55. The number of alkyl halides is 4. The zero-order valence-corrected chi connectivity index (χ0v) is 14.9. The third kappa shape index (κ3) is 3.88. The Morgan fingerprint density at radius 1 is 1.33 bits per heavy atom. The maximum atomic E-state index is 14.7. The smallest absolute Gasteiger partial charge is 0.368 e. The van der Waals surface area contributed by atoms with E-state index in [1.165, 1.54) is 6.33 Å². The van der Waals surface area contributed by atoms with Crippen LogP contribution in [0.2, 0.25) is 0 Å². The van der Waals surface area contributed by atoms with Crippen LogP contribution in [0.15, 0.2) is 12.5 Å². The molecule has 1 aliphatic rings. The van der Waals surface area contributed by atoms with Crippen LogP contribution in [-0.2, 0) is 16.2 Å². The summed E-state index contributed by atoms with van der Waals surface area (Å²) in [5, 5.41) is 0. The summed E-state index contributed by atoms with van der Waals surface area (Å²) in [5.41, 5.74) is 3.22. The van der Waals surface area contributed by atoms with Crippen molar-refractivity contribution in [1.82, 2.24) is 24.2 Å². The van der Waals surface area contributed by atoms with Gasteiger partial charge in [-0.05, 0) is 6.42 Å². The molecule has 8 nitrogen and oxygen atoms in total. The number of H-pyrrole nitrogens is 1. The Balaban J connectivity index is 2.11. The molecule has 0 aromatic carbocycles. The Bertz CT molecular complexity index is 932. The molecule has 0 radical (unpaired) electrons. The molecule has 0 bridgehead atoms. The Kier molecular flexibility index (Phi) is 4.84. The first kappa shape index (κ1) is 19.5. The van der Waals surface area contributed by atoms with Crippen molar-refractivity contribution in [3.63, 3.8) is 0 Å². The lowest BCUT2D eigenvalue weighted by Crippen LogP contribution is -2.44. The average Bonchev–Trinajstić information content (AvgIpc) is 3.06. The van der Waals surface area contributed by atoms with Crippen LogP contribution in [0.3, 0.4) is 0 Å². The summed E-state index contributed by atoms with van der Waals surface area (Å²) < 4.78 is 80.1. The fourth-order valence-corrected chi connectivity index (χ4v) is 3.96. The summed E-state index contributed by atoms with van der Waals surface area (Å²) in [6.45, 7) is -0.672. The molecule has 0 amide bonds. The third-order valence-corrected chi connectivity index (χ3v) is 5.59. The highest BCUT2D eigenvalue weighted by Gasteiger charge is 2.44. The molecule has 3 N–H and O–H groups in total. The number of imidazole rings is 1. The molecule has 1 aliphatic heterocycles. The van der Waals surface area contributed by atoms with Gasteiger partial charge >= 0.3 is 6.18 Å². The van der Waals surface area contributed by atoms with Crippen molar-refractivity contribution < 1.29 is 26.0 Å². The second-order valence-electron chi connectivity index (χ2n) is 6.19. The quantitative estimate of drug-likeness (QED) is 0.744. The second-order valence-corrected chi connectivity index (χ2v) is 8.17. The number of nitrogens with one attached hydrogen (secondary N) is 1. The zero-order valence-electron chi connectivity index (χ0n) is 14.0. The topological polar surface area (TPSA) is 118 Å². The molecular weight excluding hydrogens is 392 g/mol. The predicted molar refractivity (Wildman–Crippen MR) is 87.7 cm³/mol. The lowest BCUT2D eigenvalue weighted by Gasteiger charge is -2.34. The van der Waals surface area contributed by atoms with E-state index in [9.17, 15) is 26.0 Å². The van der Waals surface area contributed by atoms with E-state index in [0.717, 1.165) is 16.8 Å². The molecule has 0 unspecified atom stereocenters. The molecule has 2 atom stereocenters. The van der Waals surface area contributed by atoms with Crippen molar-refractivity contribution in [2.75, 3.05) is 25.1 Å². The summed E-state index contributed by atoms with van der Waals surface area (Å²) in [5.74, 6) is -1.72. The second kappa shape index (κ2) is 6.71. The van der Waals surface area contributed by atoms with Crippen LogP contribution < -0.4 is 5.73 Å². The van der Waals surface area contributed by atoms with Crippen LogP contribution in [0.5, 0.6) is 0 Å². The lowest BCUT2D eigenvalue weighted by atomic mass is 9.88. The normalized spacial score (nSPS) is 22.1. The lowest BCUT2D eigenvalue weighted by molar-refractivity contribution is -0.138. The fourth-order valence-electron chi connectivity index (χ4n) is 3.11. The number of piperidine rings is 1. The molecule has 2 aromatic rings. The van der Waals surface area contributed by atoms with E-state index >= 15 is 0 Å². The fraction of sp³-hybridized carbons (Fsp3) is 0.500. The number of hydrogen-bond acceptors (Lipinski definition) is 6. The van der Waals surface area contributed by atoms with E-state index in [-0.39, 0.29) is 18.7 Å². The Morgan fingerprint density at radius 3 is 2.56 bits per heavy atom. The van der Waals surface area contributed by atoms with E-state index in [0.29, 0.717) is 0 Å². The molecule has 148 valence electrons. The van der Waals surface area contributed by atoms with Crippen molar-refractivity contribution in [1.29, 1.82) is 0 Å². The largest absolute Gasteiger partial charge is 0.420 e. The number of rotatable bonds is 3. The molecule has 1 fully saturated rings. The van der Waals surface area contributed by atoms with Crippen molar-refractivity contribution in [2.24, 2.45) is 0 Å². The number of hydrogen-bond donors (Lipinski definition) is 2. The Labute approximate surface area is 151 Å². The molecule has 3 rings (SSSR count). The van der Waals surface area contributed by atoms with Crippen LogP contribution >= 0.6 is 0 Å². The number of anilines is 1. The van der Waals surface area contributed by atoms with Gasteiger partial charge in [0.05, 0.1) is 30.2 Å². The van der Waals surface area contributed by atoms with Crippen LogP contribution in [0.1, 0.15) is 23.6 Å². The first-order chi connectivity index (χ1) is 12.5. The maximum absolute atomic E-state index is 14.7. The van der Waals surface area contributed by atoms with E-state index < -0.39 is 57.7 Å². The minimum atomic E-state index is -4.88. The summed E-state index contributed by atoms with van der Waals surface area (Å²) in [6.07, 6.45) is -3.69. The standard InChI is InChI=1S/C14H16F4N6O2S/c1-27(25,26)24-3-2-7(8(15)5-24)11-10(14(16,17)18)12(23-13(19)22-11)9-4-20-6-21-9/h4,6-8H,2-3,5H2,1H3,(H,20,21)(H2,19,22,23)/t7-,8-/m0/s1. The first-order valence-electron chi connectivity index (χ1n) is 7.81. The maximum Gasteiger partial charge on any atom is 0.420 e. The molecule has 0 saturated carbocycles. The van der Waals surface area contributed by atoms with Crippen LogP contribution in [0.25, 0.3) is 11.4 Å². The summed E-state index contributed by atoms with van der Waals surface area (Å²) in [6, 6.07) is 0. The molecule has 2 aromatic heterocycles. The Hall–Kier alpha value is -2.28. The first-order valence-corrected chi connectivity index (χ1v) is 9.66. The van der Waals surface area contributed by atoms with Gasteiger partial charge in [-0.2, -0.15) is 17.5 Å². The van der Waals surface area contributed by atoms with E-state index in [4.69, 9.17) is 5.73 Å². The number of nitrogens with zero attached hydrogens (tertiary/aromatic N) is 4. The van der Waals surface area contributed by atoms with Gasteiger partial charge in [0, 0.05) is 19.0 Å². The van der Waals surface area contributed by atoms with Gasteiger partial charge in [0.1, 0.15) is 17.4 Å². The van der Waals surface area contributed by atoms with Crippen molar-refractivity contribution >= 4 is 16.0 Å². The van der Waals surface area contributed by atoms with E-state index in [2.05, 4.69) is 19.9 Å². The minimum absolute atomic E-state index is 0.0401. The number of halogens is 4. The van der Waals surface area contributed by atoms with Crippen LogP contribution in [-0.4, -0.2) is 58.2 Å². The Morgan fingerprint density at radius 2 is 2.04 bits per heavy atom. The van der Waals surface area contributed by atoms with Gasteiger partial charge in [0.2, 0.25) is 16.0 Å². The monoisotopic (exact) mass is 408 g/mol. The minimum Gasteiger partial charge on any atom is -0.368 e. The molecule has 0 spiro atoms. The third-order valence-electron chi connectivity index (χ3n) is 4.32. The SMILES string of the molecule is CS(=O)(=O)N1CC[C@H](c2nc(N)nc(-c3cnc[nH]3)c2C(F)(F)F)[C@@H](F)C1. The van der Waals surface area contributed by atoms with Crippen molar-refractivity contribution in [2.45, 2.75) is 24.7 Å². The summed E-state index contributed by atoms with van der Waals surface area (Å²) in [4.78, 5) is 13.5. The van der Waals surface area contributed by atoms with Gasteiger partial charge in [-0.15, -0.1) is 0 Å². The van der Waals surface area contributed by atoms with Gasteiger partial charge < -0.3 is 10.7 Å². The molecule has 27 heavy (non-hydrogen) atoms. The number of sulfonamides is 1. The zero-order chi connectivity index (χ0) is 20.0. The average molecular weight is 408 g/mol.